The van der Waals surface area contributed by atoms with Gasteiger partial charge in [-0.05, 0) is 30.3 Å². The number of aromatic nitrogens is 1. The highest BCUT2D eigenvalue weighted by atomic mass is 35.5. The molecule has 1 aliphatic rings. The van der Waals surface area contributed by atoms with Crippen LogP contribution < -0.4 is 14.8 Å². The highest BCUT2D eigenvalue weighted by Crippen LogP contribution is 2.32. The maximum absolute atomic E-state index is 13.0. The van der Waals surface area contributed by atoms with Crippen LogP contribution in [0.25, 0.3) is 10.9 Å². The molecule has 1 aliphatic heterocycles. The van der Waals surface area contributed by atoms with Gasteiger partial charge in [0.05, 0.1) is 35.9 Å². The Balaban J connectivity index is 1.52. The summed E-state index contributed by atoms with van der Waals surface area (Å²) >= 11 is 6.13. The van der Waals surface area contributed by atoms with E-state index in [4.69, 9.17) is 21.1 Å². The van der Waals surface area contributed by atoms with Crippen LogP contribution in [0.5, 0.6) is 11.5 Å². The molecular weight excluding hydrogens is 442 g/mol. The lowest BCUT2D eigenvalue weighted by Gasteiger charge is -2.18. The molecule has 0 radical (unpaired) electrons. The molecule has 2 aromatic carbocycles. The molecule has 10 heteroatoms. The molecule has 3 aromatic rings. The number of halogens is 1. The van der Waals surface area contributed by atoms with Crippen LogP contribution in [-0.4, -0.2) is 50.4 Å². The number of pyridine rings is 1. The van der Waals surface area contributed by atoms with Gasteiger partial charge in [0.2, 0.25) is 15.9 Å². The van der Waals surface area contributed by atoms with Crippen LogP contribution in [0.1, 0.15) is 6.42 Å². The molecule has 1 amide bonds. The second-order valence-corrected chi connectivity index (χ2v) is 9.48. The topological polar surface area (TPSA) is 97.8 Å². The molecule has 162 valence electrons. The van der Waals surface area contributed by atoms with Crippen molar-refractivity contribution in [1.29, 1.82) is 0 Å². The van der Waals surface area contributed by atoms with Gasteiger partial charge in [-0.3, -0.25) is 9.78 Å². The van der Waals surface area contributed by atoms with E-state index in [-0.39, 0.29) is 4.90 Å². The molecule has 4 rings (SSSR count). The van der Waals surface area contributed by atoms with Gasteiger partial charge in [0, 0.05) is 36.1 Å². The van der Waals surface area contributed by atoms with Crippen molar-refractivity contribution in [3.8, 4) is 11.5 Å². The second kappa shape index (κ2) is 8.70. The summed E-state index contributed by atoms with van der Waals surface area (Å²) in [5, 5.41) is 3.90. The van der Waals surface area contributed by atoms with Crippen molar-refractivity contribution < 1.29 is 22.7 Å². The smallest absolute Gasteiger partial charge is 0.243 e. The highest BCUT2D eigenvalue weighted by Gasteiger charge is 2.25. The van der Waals surface area contributed by atoms with E-state index in [9.17, 15) is 13.2 Å². The predicted molar refractivity (Wildman–Crippen MR) is 117 cm³/mol. The fourth-order valence-electron chi connectivity index (χ4n) is 3.21. The molecule has 0 bridgehead atoms. The summed E-state index contributed by atoms with van der Waals surface area (Å²) in [5.41, 5.74) is 0.975. The second-order valence-electron chi connectivity index (χ2n) is 7.00. The molecular formula is C21H20ClN3O5S. The van der Waals surface area contributed by atoms with Gasteiger partial charge in [0.25, 0.3) is 0 Å². The number of hydrogen-bond donors (Lipinski definition) is 1. The first-order chi connectivity index (χ1) is 14.8. The Labute approximate surface area is 184 Å². The van der Waals surface area contributed by atoms with Crippen molar-refractivity contribution in [1.82, 2.24) is 9.29 Å². The average Bonchev–Trinajstić information content (AvgIpc) is 2.98. The lowest BCUT2D eigenvalue weighted by Crippen LogP contribution is -2.35. The van der Waals surface area contributed by atoms with Gasteiger partial charge in [-0.2, -0.15) is 4.31 Å². The number of carbonyl (C=O) groups excluding carboxylic acids is 1. The zero-order valence-corrected chi connectivity index (χ0v) is 18.2. The molecule has 0 aliphatic carbocycles. The van der Waals surface area contributed by atoms with Gasteiger partial charge in [0.15, 0.2) is 11.5 Å². The number of nitrogens with one attached hydrogen (secondary N) is 1. The van der Waals surface area contributed by atoms with E-state index in [0.717, 1.165) is 9.69 Å². The number of likely N-dealkylation sites (N-methyl/N-ethyl adjacent to an activating group) is 1. The summed E-state index contributed by atoms with van der Waals surface area (Å²) in [6.45, 7) is 0.556. The van der Waals surface area contributed by atoms with Crippen LogP contribution in [0.2, 0.25) is 5.02 Å². The zero-order valence-electron chi connectivity index (χ0n) is 16.7. The molecule has 1 aromatic heterocycles. The minimum Gasteiger partial charge on any atom is -0.490 e. The third-order valence-electron chi connectivity index (χ3n) is 4.74. The van der Waals surface area contributed by atoms with Crippen LogP contribution in [-0.2, 0) is 14.8 Å². The molecule has 2 heterocycles. The first-order valence-corrected chi connectivity index (χ1v) is 11.4. The maximum atomic E-state index is 13.0. The quantitative estimate of drug-likeness (QED) is 0.626. The lowest BCUT2D eigenvalue weighted by molar-refractivity contribution is -0.116. The van der Waals surface area contributed by atoms with Crippen molar-refractivity contribution in [2.45, 2.75) is 11.3 Å². The molecule has 0 unspecified atom stereocenters. The number of rotatable bonds is 5. The molecule has 1 N–H and O–H groups in total. The highest BCUT2D eigenvalue weighted by molar-refractivity contribution is 7.89. The Morgan fingerprint density at radius 3 is 2.74 bits per heavy atom. The number of nitrogens with zero attached hydrogens (tertiary/aromatic N) is 2. The number of sulfonamides is 1. The minimum atomic E-state index is -3.93. The number of hydrogen-bond acceptors (Lipinski definition) is 6. The molecule has 0 saturated heterocycles. The summed E-state index contributed by atoms with van der Waals surface area (Å²) in [6.07, 6.45) is 2.32. The Morgan fingerprint density at radius 1 is 1.16 bits per heavy atom. The largest absolute Gasteiger partial charge is 0.490 e. The van der Waals surface area contributed by atoms with Gasteiger partial charge < -0.3 is 14.8 Å². The zero-order chi connectivity index (χ0) is 22.0. The van der Waals surface area contributed by atoms with E-state index in [1.54, 1.807) is 30.5 Å². The molecule has 8 nitrogen and oxygen atoms in total. The van der Waals surface area contributed by atoms with E-state index < -0.39 is 22.5 Å². The lowest BCUT2D eigenvalue weighted by atomic mass is 10.2. The van der Waals surface area contributed by atoms with Gasteiger partial charge in [-0.1, -0.05) is 17.7 Å². The van der Waals surface area contributed by atoms with Crippen LogP contribution in [0.3, 0.4) is 0 Å². The molecule has 0 spiro atoms. The SMILES string of the molecule is CN(CC(=O)Nc1cc(Cl)cc2cccnc12)S(=O)(=O)c1ccc2c(c1)OCCCO2. The normalized spacial score (nSPS) is 13.8. The number of carbonyl (C=O) groups is 1. The monoisotopic (exact) mass is 461 g/mol. The summed E-state index contributed by atoms with van der Waals surface area (Å²) in [7, 11) is -2.59. The summed E-state index contributed by atoms with van der Waals surface area (Å²) in [6, 6.07) is 11.3. The van der Waals surface area contributed by atoms with E-state index in [2.05, 4.69) is 10.3 Å². The first kappa shape index (κ1) is 21.4. The Kier molecular flexibility index (Phi) is 5.99. The summed E-state index contributed by atoms with van der Waals surface area (Å²) < 4.78 is 38.0. The van der Waals surface area contributed by atoms with Gasteiger partial charge in [-0.25, -0.2) is 8.42 Å². The predicted octanol–water partition coefficient (Wildman–Crippen LogP) is 3.31. The Hall–Kier alpha value is -2.88. The molecule has 0 atom stereocenters. The summed E-state index contributed by atoms with van der Waals surface area (Å²) in [4.78, 5) is 16.9. The van der Waals surface area contributed by atoms with Gasteiger partial charge in [-0.15, -0.1) is 0 Å². The fraction of sp³-hybridized carbons (Fsp3) is 0.238. The standard InChI is InChI=1S/C21H20ClN3O5S/c1-25(31(27,28)16-5-6-18-19(12-16)30-9-3-8-29-18)13-20(26)24-17-11-15(22)10-14-4-2-7-23-21(14)17/h2,4-7,10-12H,3,8-9,13H2,1H3,(H,24,26). The number of amides is 1. The van der Waals surface area contributed by atoms with Crippen molar-refractivity contribution in [3.63, 3.8) is 0 Å². The third kappa shape index (κ3) is 4.58. The van der Waals surface area contributed by atoms with E-state index in [1.165, 1.54) is 19.2 Å². The van der Waals surface area contributed by atoms with Crippen molar-refractivity contribution in [2.75, 3.05) is 32.1 Å². The minimum absolute atomic E-state index is 0.0157. The average molecular weight is 462 g/mol. The van der Waals surface area contributed by atoms with Crippen molar-refractivity contribution in [2.24, 2.45) is 0 Å². The number of benzene rings is 2. The van der Waals surface area contributed by atoms with Crippen LogP contribution in [0.4, 0.5) is 5.69 Å². The van der Waals surface area contributed by atoms with E-state index in [0.29, 0.717) is 47.4 Å². The van der Waals surface area contributed by atoms with E-state index >= 15 is 0 Å². The van der Waals surface area contributed by atoms with E-state index in [1.807, 2.05) is 6.07 Å². The maximum Gasteiger partial charge on any atom is 0.243 e. The molecule has 0 fully saturated rings. The number of fused-ring (bicyclic) bond motifs is 2. The van der Waals surface area contributed by atoms with Gasteiger partial charge >= 0.3 is 0 Å². The Bertz CT molecular complexity index is 1250. The third-order valence-corrected chi connectivity index (χ3v) is 6.75. The van der Waals surface area contributed by atoms with Crippen LogP contribution in [0.15, 0.2) is 53.6 Å². The first-order valence-electron chi connectivity index (χ1n) is 9.55. The van der Waals surface area contributed by atoms with Crippen molar-refractivity contribution in [3.05, 3.63) is 53.7 Å². The van der Waals surface area contributed by atoms with Crippen molar-refractivity contribution >= 4 is 44.1 Å². The number of anilines is 1. The van der Waals surface area contributed by atoms with Gasteiger partial charge in [0.1, 0.15) is 0 Å². The molecule has 0 saturated carbocycles. The van der Waals surface area contributed by atoms with Crippen LogP contribution in [0, 0.1) is 0 Å². The summed E-state index contributed by atoms with van der Waals surface area (Å²) in [5.74, 6) is 0.347. The molecule has 31 heavy (non-hydrogen) atoms. The number of ether oxygens (including phenoxy) is 2. The fourth-order valence-corrected chi connectivity index (χ4v) is 4.58. The Morgan fingerprint density at radius 2 is 1.94 bits per heavy atom. The van der Waals surface area contributed by atoms with Crippen LogP contribution >= 0.6 is 11.6 Å².